The summed E-state index contributed by atoms with van der Waals surface area (Å²) in [5.74, 6) is -0.135. The second-order valence-corrected chi connectivity index (χ2v) is 6.44. The lowest BCUT2D eigenvalue weighted by molar-refractivity contribution is -0.902. The average molecular weight is 389 g/mol. The number of hydrogen-bond acceptors (Lipinski definition) is 3. The highest BCUT2D eigenvalue weighted by Crippen LogP contribution is 2.24. The van der Waals surface area contributed by atoms with Crippen LogP contribution in [0.2, 0.25) is 0 Å². The number of carbonyl (C=O) groups excluding carboxylic acids is 1. The second kappa shape index (κ2) is 7.95. The summed E-state index contributed by atoms with van der Waals surface area (Å²) < 4.78 is 5.19. The number of carbonyl (C=O) groups is 1. The molecule has 5 heteroatoms. The number of esters is 1. The van der Waals surface area contributed by atoms with Crippen LogP contribution < -0.4 is 10.2 Å². The number of hydrogen-bond donors (Lipinski definition) is 2. The van der Waals surface area contributed by atoms with Gasteiger partial charge in [0.05, 0.1) is 13.1 Å². The molecule has 0 aromatic heterocycles. The zero-order valence-electron chi connectivity index (χ0n) is 11.8. The van der Waals surface area contributed by atoms with Crippen molar-refractivity contribution >= 4 is 28.6 Å². The van der Waals surface area contributed by atoms with Crippen molar-refractivity contribution in [1.29, 1.82) is 0 Å². The molecule has 0 amide bonds. The number of rotatable bonds is 5. The van der Waals surface area contributed by atoms with Crippen LogP contribution in [0.25, 0.3) is 0 Å². The Hall–Kier alpha value is -0.660. The van der Waals surface area contributed by atoms with Crippen molar-refractivity contribution in [3.63, 3.8) is 0 Å². The molecule has 0 saturated carbocycles. The minimum absolute atomic E-state index is 0.135. The van der Waals surface area contributed by atoms with Crippen molar-refractivity contribution in [2.45, 2.75) is 10.8 Å². The fraction of sp³-hybridized carbons (Fsp3) is 0.533. The van der Waals surface area contributed by atoms with Crippen LogP contribution in [0, 0.1) is 6.92 Å². The Balaban J connectivity index is 1.74. The molecule has 4 nitrogen and oxygen atoms in total. The van der Waals surface area contributed by atoms with Gasteiger partial charge < -0.3 is 15.0 Å². The van der Waals surface area contributed by atoms with Crippen LogP contribution in [0.15, 0.2) is 24.3 Å². The summed E-state index contributed by atoms with van der Waals surface area (Å²) in [6, 6.07) is 8.04. The van der Waals surface area contributed by atoms with Gasteiger partial charge in [-0.1, -0.05) is 52.4 Å². The molecular weight excluding hydrogens is 367 g/mol. The van der Waals surface area contributed by atoms with Gasteiger partial charge in [-0.2, -0.15) is 0 Å². The Morgan fingerprint density at radius 1 is 1.35 bits per heavy atom. The monoisotopic (exact) mass is 389 g/mol. The molecule has 2 rings (SSSR count). The average Bonchev–Trinajstić information content (AvgIpc) is 2.48. The maximum Gasteiger partial charge on any atom is 0.323 e. The van der Waals surface area contributed by atoms with E-state index in [9.17, 15) is 4.79 Å². The quantitative estimate of drug-likeness (QED) is 0.438. The van der Waals surface area contributed by atoms with Crippen LogP contribution in [-0.2, 0) is 9.53 Å². The smallest absolute Gasteiger partial charge is 0.323 e. The number of nitrogens with one attached hydrogen (secondary N) is 2. The first-order valence-corrected chi connectivity index (χ1v) is 8.33. The lowest BCUT2D eigenvalue weighted by Crippen LogP contribution is -3.15. The molecule has 1 aliphatic rings. The summed E-state index contributed by atoms with van der Waals surface area (Å²) in [5, 5.41) is 3.33. The van der Waals surface area contributed by atoms with Crippen LogP contribution in [0.1, 0.15) is 15.1 Å². The molecule has 110 valence electrons. The standard InChI is InChI=1S/C15H21IN2O2/c1-12-2-4-13(5-3-12)14(16)15(19)20-11-10-18-8-6-17-7-9-18/h2-5,14,17H,6-11H2,1H3/p+1. The van der Waals surface area contributed by atoms with Crippen LogP contribution in [-0.4, -0.2) is 45.3 Å². The van der Waals surface area contributed by atoms with E-state index < -0.39 is 0 Å². The van der Waals surface area contributed by atoms with Crippen LogP contribution in [0.3, 0.4) is 0 Å². The topological polar surface area (TPSA) is 42.8 Å². The number of halogens is 1. The number of ether oxygens (including phenoxy) is 1. The maximum absolute atomic E-state index is 12.0. The minimum atomic E-state index is -0.216. The van der Waals surface area contributed by atoms with Crippen LogP contribution in [0.5, 0.6) is 0 Å². The van der Waals surface area contributed by atoms with E-state index in [2.05, 4.69) is 27.9 Å². The number of aryl methyl sites for hydroxylation is 1. The molecule has 0 radical (unpaired) electrons. The molecule has 1 fully saturated rings. The summed E-state index contributed by atoms with van der Waals surface area (Å²) in [4.78, 5) is 13.5. The van der Waals surface area contributed by atoms with Gasteiger partial charge in [0.2, 0.25) is 0 Å². The number of benzene rings is 1. The predicted octanol–water partition coefficient (Wildman–Crippen LogP) is 0.502. The molecule has 0 aliphatic carbocycles. The Morgan fingerprint density at radius 3 is 2.65 bits per heavy atom. The fourth-order valence-electron chi connectivity index (χ4n) is 2.27. The van der Waals surface area contributed by atoms with E-state index >= 15 is 0 Å². The Morgan fingerprint density at radius 2 is 2.00 bits per heavy atom. The van der Waals surface area contributed by atoms with E-state index in [4.69, 9.17) is 4.74 Å². The summed E-state index contributed by atoms with van der Waals surface area (Å²) in [6.07, 6.45) is 0. The third-order valence-corrected chi connectivity index (χ3v) is 4.82. The summed E-state index contributed by atoms with van der Waals surface area (Å²) in [6.45, 7) is 7.81. The lowest BCUT2D eigenvalue weighted by Gasteiger charge is -2.24. The first-order chi connectivity index (χ1) is 9.66. The lowest BCUT2D eigenvalue weighted by atomic mass is 10.1. The van der Waals surface area contributed by atoms with E-state index in [1.807, 2.05) is 31.2 Å². The molecule has 2 N–H and O–H groups in total. The van der Waals surface area contributed by atoms with E-state index in [-0.39, 0.29) is 9.89 Å². The van der Waals surface area contributed by atoms with Crippen molar-refractivity contribution in [1.82, 2.24) is 5.32 Å². The number of alkyl halides is 1. The van der Waals surface area contributed by atoms with Gasteiger partial charge in [-0.25, -0.2) is 0 Å². The third kappa shape index (κ3) is 4.71. The molecule has 1 heterocycles. The highest BCUT2D eigenvalue weighted by molar-refractivity contribution is 14.1. The van der Waals surface area contributed by atoms with E-state index in [1.54, 1.807) is 0 Å². The highest BCUT2D eigenvalue weighted by Gasteiger charge is 2.19. The third-order valence-electron chi connectivity index (χ3n) is 3.59. The van der Waals surface area contributed by atoms with Crippen molar-refractivity contribution in [3.8, 4) is 0 Å². The second-order valence-electron chi connectivity index (χ2n) is 5.19. The SMILES string of the molecule is Cc1ccc(C(I)C(=O)OCC[NH+]2CCNCC2)cc1. The first kappa shape index (κ1) is 15.7. The molecule has 1 aromatic carbocycles. The summed E-state index contributed by atoms with van der Waals surface area (Å²) >= 11 is 2.15. The molecule has 20 heavy (non-hydrogen) atoms. The zero-order chi connectivity index (χ0) is 14.4. The van der Waals surface area contributed by atoms with Gasteiger partial charge in [-0.3, -0.25) is 4.79 Å². The first-order valence-electron chi connectivity index (χ1n) is 7.08. The fourth-order valence-corrected chi connectivity index (χ4v) is 2.87. The van der Waals surface area contributed by atoms with E-state index in [0.29, 0.717) is 6.61 Å². The number of piperazine rings is 1. The highest BCUT2D eigenvalue weighted by atomic mass is 127. The van der Waals surface area contributed by atoms with Gasteiger partial charge in [0.1, 0.15) is 17.1 Å². The Bertz CT molecular complexity index is 430. The molecular formula is C15H22IN2O2+. The zero-order valence-corrected chi connectivity index (χ0v) is 14.0. The van der Waals surface area contributed by atoms with Gasteiger partial charge in [0.15, 0.2) is 0 Å². The molecule has 1 saturated heterocycles. The van der Waals surface area contributed by atoms with Crippen LogP contribution >= 0.6 is 22.6 Å². The normalized spacial score (nSPS) is 17.7. The van der Waals surface area contributed by atoms with Crippen molar-refractivity contribution in [2.75, 3.05) is 39.3 Å². The van der Waals surface area contributed by atoms with Crippen molar-refractivity contribution in [2.24, 2.45) is 0 Å². The Labute approximate surface area is 134 Å². The summed E-state index contributed by atoms with van der Waals surface area (Å²) in [5.41, 5.74) is 2.21. The summed E-state index contributed by atoms with van der Waals surface area (Å²) in [7, 11) is 0. The van der Waals surface area contributed by atoms with E-state index in [1.165, 1.54) is 10.5 Å². The molecule has 0 bridgehead atoms. The largest absolute Gasteiger partial charge is 0.459 e. The van der Waals surface area contributed by atoms with E-state index in [0.717, 1.165) is 38.3 Å². The molecule has 1 atom stereocenters. The van der Waals surface area contributed by atoms with Gasteiger partial charge in [-0.05, 0) is 12.5 Å². The molecule has 1 aromatic rings. The number of quaternary nitrogens is 1. The van der Waals surface area contributed by atoms with Gasteiger partial charge in [-0.15, -0.1) is 0 Å². The predicted molar refractivity (Wildman–Crippen MR) is 87.3 cm³/mol. The molecule has 1 unspecified atom stereocenters. The van der Waals surface area contributed by atoms with Gasteiger partial charge >= 0.3 is 5.97 Å². The van der Waals surface area contributed by atoms with Gasteiger partial charge in [0, 0.05) is 13.1 Å². The molecule has 1 aliphatic heterocycles. The van der Waals surface area contributed by atoms with Crippen LogP contribution in [0.4, 0.5) is 0 Å². The minimum Gasteiger partial charge on any atom is -0.459 e. The van der Waals surface area contributed by atoms with Crippen molar-refractivity contribution in [3.05, 3.63) is 35.4 Å². The maximum atomic E-state index is 12.0. The Kier molecular flexibility index (Phi) is 6.25. The van der Waals surface area contributed by atoms with Gasteiger partial charge in [0.25, 0.3) is 0 Å². The van der Waals surface area contributed by atoms with Crippen molar-refractivity contribution < 1.29 is 14.4 Å². The molecule has 0 spiro atoms.